The van der Waals surface area contributed by atoms with Gasteiger partial charge >= 0.3 is 12.1 Å². The number of nitrogens with one attached hydrogen (secondary N) is 1. The summed E-state index contributed by atoms with van der Waals surface area (Å²) in [5.41, 5.74) is -1.16. The van der Waals surface area contributed by atoms with Gasteiger partial charge in [0.1, 0.15) is 0 Å². The number of rotatable bonds is 9. The smallest absolute Gasteiger partial charge is 0.418 e. The van der Waals surface area contributed by atoms with E-state index >= 15 is 0 Å². The Morgan fingerprint density at radius 2 is 1.61 bits per heavy atom. The summed E-state index contributed by atoms with van der Waals surface area (Å²) in [6.45, 7) is -0.782. The van der Waals surface area contributed by atoms with Gasteiger partial charge in [0.25, 0.3) is 5.91 Å². The lowest BCUT2D eigenvalue weighted by molar-refractivity contribution is -0.147. The summed E-state index contributed by atoms with van der Waals surface area (Å²) in [4.78, 5) is 35.9. The molecule has 2 aromatic rings. The van der Waals surface area contributed by atoms with Gasteiger partial charge in [0, 0.05) is 12.0 Å². The average Bonchev–Trinajstić information content (AvgIpc) is 2.75. The second-order valence-corrected chi connectivity index (χ2v) is 6.25. The molecule has 0 aliphatic heterocycles. The van der Waals surface area contributed by atoms with Gasteiger partial charge in [0.15, 0.2) is 23.9 Å². The molecule has 1 N–H and O–H groups in total. The normalized spacial score (nSPS) is 10.9. The highest BCUT2D eigenvalue weighted by molar-refractivity contribution is 5.98. The van der Waals surface area contributed by atoms with Crippen LogP contribution in [-0.2, 0) is 20.5 Å². The van der Waals surface area contributed by atoms with E-state index in [0.717, 1.165) is 12.1 Å². The monoisotopic (exact) mass is 439 g/mol. The molecule has 1 amide bonds. The second-order valence-electron chi connectivity index (χ2n) is 6.25. The van der Waals surface area contributed by atoms with E-state index in [1.54, 1.807) is 6.07 Å². The molecule has 10 heteroatoms. The highest BCUT2D eigenvalue weighted by Gasteiger charge is 2.33. The van der Waals surface area contributed by atoms with Crippen LogP contribution in [0.15, 0.2) is 42.5 Å². The van der Waals surface area contributed by atoms with Gasteiger partial charge in [-0.15, -0.1) is 0 Å². The van der Waals surface area contributed by atoms with E-state index in [1.807, 2.05) is 0 Å². The predicted octanol–water partition coefficient (Wildman–Crippen LogP) is 3.87. The summed E-state index contributed by atoms with van der Waals surface area (Å²) in [6.07, 6.45) is -5.14. The van der Waals surface area contributed by atoms with Crippen molar-refractivity contribution >= 4 is 23.3 Å². The van der Waals surface area contributed by atoms with Crippen molar-refractivity contribution in [1.82, 2.24) is 0 Å². The molecule has 166 valence electrons. The van der Waals surface area contributed by atoms with Crippen LogP contribution in [0.4, 0.5) is 18.9 Å². The maximum Gasteiger partial charge on any atom is 0.418 e. The Kier molecular flexibility index (Phi) is 8.00. The minimum atomic E-state index is -4.65. The van der Waals surface area contributed by atoms with Gasteiger partial charge < -0.3 is 19.5 Å². The van der Waals surface area contributed by atoms with Crippen molar-refractivity contribution in [3.8, 4) is 11.5 Å². The number of hydrogen-bond donors (Lipinski definition) is 1. The molecule has 0 aromatic heterocycles. The maximum atomic E-state index is 12.9. The molecule has 2 rings (SSSR count). The molecule has 0 saturated carbocycles. The number of anilines is 1. The number of halogens is 3. The minimum Gasteiger partial charge on any atom is -0.493 e. The highest BCUT2D eigenvalue weighted by Crippen LogP contribution is 2.34. The zero-order chi connectivity index (χ0) is 23.0. The van der Waals surface area contributed by atoms with Gasteiger partial charge in [0.05, 0.1) is 31.9 Å². The molecule has 7 nitrogen and oxygen atoms in total. The van der Waals surface area contributed by atoms with Gasteiger partial charge in [-0.25, -0.2) is 0 Å². The Balaban J connectivity index is 1.85. The van der Waals surface area contributed by atoms with Crippen molar-refractivity contribution in [3.63, 3.8) is 0 Å². The molecule has 31 heavy (non-hydrogen) atoms. The molecule has 0 aliphatic rings. The van der Waals surface area contributed by atoms with Crippen molar-refractivity contribution in [2.75, 3.05) is 26.1 Å². The Morgan fingerprint density at radius 3 is 2.26 bits per heavy atom. The van der Waals surface area contributed by atoms with Crippen LogP contribution in [0.3, 0.4) is 0 Å². The Bertz CT molecular complexity index is 958. The Morgan fingerprint density at radius 1 is 0.935 bits per heavy atom. The molecule has 0 spiro atoms. The van der Waals surface area contributed by atoms with Crippen LogP contribution >= 0.6 is 0 Å². The molecule has 0 bridgehead atoms. The first-order valence-electron chi connectivity index (χ1n) is 9.02. The molecule has 0 aliphatic carbocycles. The van der Waals surface area contributed by atoms with Crippen molar-refractivity contribution in [2.45, 2.75) is 19.0 Å². The fourth-order valence-electron chi connectivity index (χ4n) is 2.61. The molecule has 2 aromatic carbocycles. The molecule has 0 atom stereocenters. The van der Waals surface area contributed by atoms with Gasteiger partial charge in [-0.2, -0.15) is 13.2 Å². The number of carbonyl (C=O) groups is 3. The number of alkyl halides is 3. The van der Waals surface area contributed by atoms with Crippen LogP contribution in [0.1, 0.15) is 28.8 Å². The summed E-state index contributed by atoms with van der Waals surface area (Å²) >= 11 is 0. The van der Waals surface area contributed by atoms with E-state index in [2.05, 4.69) is 5.32 Å². The predicted molar refractivity (Wildman–Crippen MR) is 104 cm³/mol. The molecule has 0 heterocycles. The van der Waals surface area contributed by atoms with Crippen LogP contribution < -0.4 is 14.8 Å². The zero-order valence-corrected chi connectivity index (χ0v) is 16.7. The second kappa shape index (κ2) is 10.5. The number of amides is 1. The summed E-state index contributed by atoms with van der Waals surface area (Å²) in [7, 11) is 2.87. The largest absolute Gasteiger partial charge is 0.493 e. The number of ketones is 1. The fraction of sp³-hybridized carbons (Fsp3) is 0.286. The standard InChI is InChI=1S/C21H20F3NO6/c1-29-17-9-7-13(11-18(17)30-2)16(26)8-10-20(28)31-12-19(27)25-15-6-4-3-5-14(15)21(22,23)24/h3-7,9,11H,8,10,12H2,1-2H3,(H,25,27). The van der Waals surface area contributed by atoms with Crippen molar-refractivity contribution in [2.24, 2.45) is 0 Å². The SMILES string of the molecule is COc1ccc(C(=O)CCC(=O)OCC(=O)Nc2ccccc2C(F)(F)F)cc1OC. The first-order chi connectivity index (χ1) is 14.7. The zero-order valence-electron chi connectivity index (χ0n) is 16.7. The van der Waals surface area contributed by atoms with Crippen LogP contribution in [-0.4, -0.2) is 38.5 Å². The number of esters is 1. The van der Waals surface area contributed by atoms with E-state index in [4.69, 9.17) is 14.2 Å². The van der Waals surface area contributed by atoms with E-state index < -0.39 is 35.9 Å². The van der Waals surface area contributed by atoms with Crippen molar-refractivity contribution < 1.29 is 41.8 Å². The summed E-state index contributed by atoms with van der Waals surface area (Å²) in [6, 6.07) is 8.96. The third-order valence-corrected chi connectivity index (χ3v) is 4.13. The van der Waals surface area contributed by atoms with Crippen LogP contribution in [0.5, 0.6) is 11.5 Å². The highest BCUT2D eigenvalue weighted by atomic mass is 19.4. The summed E-state index contributed by atoms with van der Waals surface area (Å²) in [5.74, 6) is -1.34. The van der Waals surface area contributed by atoms with Gasteiger partial charge in [-0.05, 0) is 30.3 Å². The summed E-state index contributed by atoms with van der Waals surface area (Å²) < 4.78 is 53.7. The Hall–Kier alpha value is -3.56. The molecule has 0 unspecified atom stereocenters. The number of Topliss-reactive ketones (excluding diaryl/α,β-unsaturated/α-hetero) is 1. The van der Waals surface area contributed by atoms with E-state index in [0.29, 0.717) is 17.1 Å². The van der Waals surface area contributed by atoms with Crippen LogP contribution in [0, 0.1) is 0 Å². The van der Waals surface area contributed by atoms with Gasteiger partial charge in [0.2, 0.25) is 0 Å². The van der Waals surface area contributed by atoms with E-state index in [1.165, 1.54) is 38.5 Å². The van der Waals surface area contributed by atoms with Gasteiger partial charge in [-0.3, -0.25) is 14.4 Å². The third kappa shape index (κ3) is 6.73. The molecule has 0 fully saturated rings. The number of methoxy groups -OCH3 is 2. The number of para-hydroxylation sites is 1. The Labute approximate surface area is 176 Å². The van der Waals surface area contributed by atoms with E-state index in [-0.39, 0.29) is 18.6 Å². The fourth-order valence-corrected chi connectivity index (χ4v) is 2.61. The number of ether oxygens (including phenoxy) is 3. The number of carbonyl (C=O) groups excluding carboxylic acids is 3. The summed E-state index contributed by atoms with van der Waals surface area (Å²) in [5, 5.41) is 2.06. The topological polar surface area (TPSA) is 90.9 Å². The maximum absolute atomic E-state index is 12.9. The van der Waals surface area contributed by atoms with Crippen LogP contribution in [0.2, 0.25) is 0 Å². The molecule has 0 radical (unpaired) electrons. The van der Waals surface area contributed by atoms with Gasteiger partial charge in [-0.1, -0.05) is 12.1 Å². The van der Waals surface area contributed by atoms with Crippen LogP contribution in [0.25, 0.3) is 0 Å². The molecule has 0 saturated heterocycles. The number of benzene rings is 2. The lowest BCUT2D eigenvalue weighted by atomic mass is 10.1. The minimum absolute atomic E-state index is 0.188. The lowest BCUT2D eigenvalue weighted by Crippen LogP contribution is -2.23. The first-order valence-corrected chi connectivity index (χ1v) is 9.02. The average molecular weight is 439 g/mol. The molecular weight excluding hydrogens is 419 g/mol. The van der Waals surface area contributed by atoms with E-state index in [9.17, 15) is 27.6 Å². The van der Waals surface area contributed by atoms with Crippen molar-refractivity contribution in [3.05, 3.63) is 53.6 Å². The third-order valence-electron chi connectivity index (χ3n) is 4.13. The van der Waals surface area contributed by atoms with Crippen molar-refractivity contribution in [1.29, 1.82) is 0 Å². The quantitative estimate of drug-likeness (QED) is 0.471. The first kappa shape index (κ1) is 23.7. The number of hydrogen-bond acceptors (Lipinski definition) is 6. The lowest BCUT2D eigenvalue weighted by Gasteiger charge is -2.13. The molecular formula is C21H20F3NO6.